The molecule has 2 rings (SSSR count). The van der Waals surface area contributed by atoms with Gasteiger partial charge in [0.15, 0.2) is 0 Å². The zero-order valence-electron chi connectivity index (χ0n) is 10.8. The van der Waals surface area contributed by atoms with Crippen LogP contribution in [0.3, 0.4) is 0 Å². The molecule has 1 aromatic heterocycles. The maximum absolute atomic E-state index is 4.43. The number of nitrogens with zero attached hydrogens (tertiary/aromatic N) is 1. The smallest absolute Gasteiger partial charge is 0.133 e. The van der Waals surface area contributed by atoms with Crippen molar-refractivity contribution in [2.45, 2.75) is 27.2 Å². The maximum atomic E-state index is 4.43. The number of rotatable bonds is 4. The van der Waals surface area contributed by atoms with E-state index in [1.165, 1.54) is 10.8 Å². The molecule has 0 fully saturated rings. The second kappa shape index (κ2) is 4.74. The molecule has 1 heterocycles. The van der Waals surface area contributed by atoms with Crippen LogP contribution in [0.1, 0.15) is 27.2 Å². The summed E-state index contributed by atoms with van der Waals surface area (Å²) in [7, 11) is 0. The van der Waals surface area contributed by atoms with Gasteiger partial charge in [0.2, 0.25) is 0 Å². The average molecular weight is 228 g/mol. The van der Waals surface area contributed by atoms with Crippen molar-refractivity contribution in [3.8, 4) is 0 Å². The Balaban J connectivity index is 2.24. The Labute approximate surface area is 103 Å². The minimum atomic E-state index is 0.304. The van der Waals surface area contributed by atoms with E-state index in [-0.39, 0.29) is 0 Å². The number of hydrogen-bond donors (Lipinski definition) is 1. The molecule has 0 unspecified atom stereocenters. The number of pyridine rings is 1. The molecule has 17 heavy (non-hydrogen) atoms. The molecule has 0 aliphatic rings. The summed E-state index contributed by atoms with van der Waals surface area (Å²) in [5, 5.41) is 5.90. The molecular weight excluding hydrogens is 208 g/mol. The largest absolute Gasteiger partial charge is 0.369 e. The quantitative estimate of drug-likeness (QED) is 0.852. The second-order valence-corrected chi connectivity index (χ2v) is 5.25. The van der Waals surface area contributed by atoms with Gasteiger partial charge in [0.25, 0.3) is 0 Å². The van der Waals surface area contributed by atoms with Crippen LogP contribution in [0.2, 0.25) is 0 Å². The third-order valence-corrected chi connectivity index (χ3v) is 3.37. The topological polar surface area (TPSA) is 24.9 Å². The third-order valence-electron chi connectivity index (χ3n) is 3.37. The number of aromatic nitrogens is 1. The van der Waals surface area contributed by atoms with Crippen molar-refractivity contribution in [3.05, 3.63) is 36.5 Å². The lowest BCUT2D eigenvalue weighted by molar-refractivity contribution is 0.376. The monoisotopic (exact) mass is 228 g/mol. The van der Waals surface area contributed by atoms with E-state index in [1.807, 2.05) is 12.3 Å². The van der Waals surface area contributed by atoms with E-state index < -0.39 is 0 Å². The zero-order chi connectivity index (χ0) is 12.3. The highest BCUT2D eigenvalue weighted by Gasteiger charge is 2.15. The van der Waals surface area contributed by atoms with Crippen molar-refractivity contribution >= 4 is 16.6 Å². The highest BCUT2D eigenvalue weighted by Crippen LogP contribution is 2.24. The van der Waals surface area contributed by atoms with Crippen LogP contribution in [-0.2, 0) is 0 Å². The van der Waals surface area contributed by atoms with Crippen LogP contribution in [0.25, 0.3) is 10.8 Å². The molecule has 0 saturated heterocycles. The van der Waals surface area contributed by atoms with Crippen molar-refractivity contribution in [1.29, 1.82) is 0 Å². The molecule has 0 amide bonds. The van der Waals surface area contributed by atoms with E-state index in [0.29, 0.717) is 5.41 Å². The molecule has 2 heteroatoms. The molecule has 2 aromatic rings. The summed E-state index contributed by atoms with van der Waals surface area (Å²) in [6.45, 7) is 7.71. The van der Waals surface area contributed by atoms with Crippen molar-refractivity contribution in [2.24, 2.45) is 5.41 Å². The van der Waals surface area contributed by atoms with Gasteiger partial charge in [0.05, 0.1) is 0 Å². The first kappa shape index (κ1) is 11.9. The standard InChI is InChI=1S/C15H20N2/c1-4-15(2,3)11-17-14-13-8-6-5-7-12(13)9-10-16-14/h5-10H,4,11H2,1-3H3,(H,16,17). The molecule has 0 saturated carbocycles. The van der Waals surface area contributed by atoms with E-state index in [4.69, 9.17) is 0 Å². The van der Waals surface area contributed by atoms with Crippen molar-refractivity contribution < 1.29 is 0 Å². The van der Waals surface area contributed by atoms with E-state index >= 15 is 0 Å². The molecule has 1 N–H and O–H groups in total. The van der Waals surface area contributed by atoms with Gasteiger partial charge in [-0.1, -0.05) is 45.0 Å². The highest BCUT2D eigenvalue weighted by molar-refractivity contribution is 5.91. The Kier molecular flexibility index (Phi) is 3.32. The Morgan fingerprint density at radius 2 is 1.94 bits per heavy atom. The van der Waals surface area contributed by atoms with E-state index in [9.17, 15) is 0 Å². The lowest BCUT2D eigenvalue weighted by Crippen LogP contribution is -2.22. The first-order chi connectivity index (χ1) is 8.12. The van der Waals surface area contributed by atoms with Crippen LogP contribution in [-0.4, -0.2) is 11.5 Å². The maximum Gasteiger partial charge on any atom is 0.133 e. The molecule has 0 radical (unpaired) electrons. The Hall–Kier alpha value is -1.57. The first-order valence-corrected chi connectivity index (χ1v) is 6.20. The summed E-state index contributed by atoms with van der Waals surface area (Å²) in [6, 6.07) is 10.4. The van der Waals surface area contributed by atoms with Gasteiger partial charge in [0.1, 0.15) is 5.82 Å². The van der Waals surface area contributed by atoms with E-state index in [2.05, 4.69) is 55.3 Å². The Morgan fingerprint density at radius 1 is 1.18 bits per heavy atom. The Morgan fingerprint density at radius 3 is 2.71 bits per heavy atom. The second-order valence-electron chi connectivity index (χ2n) is 5.25. The molecule has 0 bridgehead atoms. The molecule has 2 nitrogen and oxygen atoms in total. The van der Waals surface area contributed by atoms with Gasteiger partial charge in [-0.15, -0.1) is 0 Å². The SMILES string of the molecule is CCC(C)(C)CNc1nccc2ccccc12. The third kappa shape index (κ3) is 2.76. The molecule has 1 aromatic carbocycles. The summed E-state index contributed by atoms with van der Waals surface area (Å²) < 4.78 is 0. The highest BCUT2D eigenvalue weighted by atomic mass is 15.0. The van der Waals surface area contributed by atoms with Crippen LogP contribution in [0.5, 0.6) is 0 Å². The van der Waals surface area contributed by atoms with Crippen LogP contribution in [0.4, 0.5) is 5.82 Å². The molecule has 0 aliphatic carbocycles. The number of anilines is 1. The van der Waals surface area contributed by atoms with Crippen molar-refractivity contribution in [1.82, 2.24) is 4.98 Å². The number of nitrogens with one attached hydrogen (secondary N) is 1. The van der Waals surface area contributed by atoms with E-state index in [0.717, 1.165) is 18.8 Å². The minimum absolute atomic E-state index is 0.304. The fourth-order valence-corrected chi connectivity index (χ4v) is 1.71. The lowest BCUT2D eigenvalue weighted by atomic mass is 9.90. The van der Waals surface area contributed by atoms with Crippen molar-refractivity contribution in [2.75, 3.05) is 11.9 Å². The summed E-state index contributed by atoms with van der Waals surface area (Å²) in [5.41, 5.74) is 0.304. The van der Waals surface area contributed by atoms with Crippen LogP contribution in [0.15, 0.2) is 36.5 Å². The fraction of sp³-hybridized carbons (Fsp3) is 0.400. The van der Waals surface area contributed by atoms with Crippen LogP contribution in [0, 0.1) is 5.41 Å². The lowest BCUT2D eigenvalue weighted by Gasteiger charge is -2.23. The van der Waals surface area contributed by atoms with Gasteiger partial charge in [-0.3, -0.25) is 0 Å². The van der Waals surface area contributed by atoms with Gasteiger partial charge in [-0.2, -0.15) is 0 Å². The molecule has 0 spiro atoms. The summed E-state index contributed by atoms with van der Waals surface area (Å²) in [5.74, 6) is 0.990. The van der Waals surface area contributed by atoms with Gasteiger partial charge < -0.3 is 5.32 Å². The first-order valence-electron chi connectivity index (χ1n) is 6.20. The molecule has 90 valence electrons. The summed E-state index contributed by atoms with van der Waals surface area (Å²) in [4.78, 5) is 4.43. The van der Waals surface area contributed by atoms with Crippen molar-refractivity contribution in [3.63, 3.8) is 0 Å². The molecular formula is C15H20N2. The Bertz CT molecular complexity index is 498. The van der Waals surface area contributed by atoms with Gasteiger partial charge in [-0.05, 0) is 23.3 Å². The van der Waals surface area contributed by atoms with Gasteiger partial charge >= 0.3 is 0 Å². The number of benzene rings is 1. The predicted molar refractivity (Wildman–Crippen MR) is 74.3 cm³/mol. The summed E-state index contributed by atoms with van der Waals surface area (Å²) in [6.07, 6.45) is 3.02. The average Bonchev–Trinajstić information content (AvgIpc) is 2.36. The molecule has 0 aliphatic heterocycles. The predicted octanol–water partition coefficient (Wildman–Crippen LogP) is 4.08. The number of hydrogen-bond acceptors (Lipinski definition) is 2. The van der Waals surface area contributed by atoms with E-state index in [1.54, 1.807) is 0 Å². The number of fused-ring (bicyclic) bond motifs is 1. The zero-order valence-corrected chi connectivity index (χ0v) is 10.8. The van der Waals surface area contributed by atoms with Gasteiger partial charge in [0, 0.05) is 18.1 Å². The summed E-state index contributed by atoms with van der Waals surface area (Å²) >= 11 is 0. The van der Waals surface area contributed by atoms with Crippen LogP contribution >= 0.6 is 0 Å². The van der Waals surface area contributed by atoms with Gasteiger partial charge in [-0.25, -0.2) is 4.98 Å². The molecule has 0 atom stereocenters. The minimum Gasteiger partial charge on any atom is -0.369 e. The fourth-order valence-electron chi connectivity index (χ4n) is 1.71. The van der Waals surface area contributed by atoms with Crippen LogP contribution < -0.4 is 5.32 Å². The normalized spacial score (nSPS) is 11.7.